The fourth-order valence-corrected chi connectivity index (χ4v) is 0.950. The van der Waals surface area contributed by atoms with E-state index in [1.54, 1.807) is 0 Å². The van der Waals surface area contributed by atoms with Gasteiger partial charge in [-0.05, 0) is 6.08 Å². The van der Waals surface area contributed by atoms with Gasteiger partial charge in [-0.3, -0.25) is 0 Å². The number of allylic oxidation sites excluding steroid dienone is 2. The lowest BCUT2D eigenvalue weighted by Crippen LogP contribution is -2.41. The van der Waals surface area contributed by atoms with Crippen molar-refractivity contribution in [1.82, 2.24) is 10.6 Å². The first kappa shape index (κ1) is 8.84. The van der Waals surface area contributed by atoms with Crippen LogP contribution in [0.3, 0.4) is 0 Å². The van der Waals surface area contributed by atoms with E-state index in [4.69, 9.17) is 0 Å². The molecule has 0 bridgehead atoms. The van der Waals surface area contributed by atoms with Gasteiger partial charge in [0.15, 0.2) is 0 Å². The highest BCUT2D eigenvalue weighted by Crippen LogP contribution is 2.24. The van der Waals surface area contributed by atoms with Crippen LogP contribution in [0.25, 0.3) is 0 Å². The third-order valence-electron chi connectivity index (χ3n) is 1.65. The zero-order valence-corrected chi connectivity index (χ0v) is 7.69. The molecule has 12 heavy (non-hydrogen) atoms. The van der Waals surface area contributed by atoms with Crippen molar-refractivity contribution in [1.29, 1.82) is 0 Å². The van der Waals surface area contributed by atoms with E-state index in [0.717, 1.165) is 5.70 Å². The molecular formula is C9H14N2O. The second kappa shape index (κ2) is 2.66. The lowest BCUT2D eigenvalue weighted by molar-refractivity contribution is 0.242. The topological polar surface area (TPSA) is 41.1 Å². The van der Waals surface area contributed by atoms with E-state index in [2.05, 4.69) is 17.2 Å². The molecule has 66 valence electrons. The molecule has 2 amide bonds. The van der Waals surface area contributed by atoms with Crippen molar-refractivity contribution in [2.45, 2.75) is 20.8 Å². The van der Waals surface area contributed by atoms with Crippen molar-refractivity contribution in [3.05, 3.63) is 24.0 Å². The van der Waals surface area contributed by atoms with Gasteiger partial charge >= 0.3 is 6.03 Å². The number of carbonyl (C=O) groups excluding carboxylic acids is 1. The first-order valence-corrected chi connectivity index (χ1v) is 3.89. The van der Waals surface area contributed by atoms with Crippen molar-refractivity contribution >= 4 is 6.03 Å². The van der Waals surface area contributed by atoms with Gasteiger partial charge in [0.25, 0.3) is 0 Å². The summed E-state index contributed by atoms with van der Waals surface area (Å²) in [6, 6.07) is -0.201. The Bertz CT molecular complexity index is 258. The second-order valence-corrected chi connectivity index (χ2v) is 3.91. The lowest BCUT2D eigenvalue weighted by Gasteiger charge is -2.27. The summed E-state index contributed by atoms with van der Waals surface area (Å²) in [5.41, 5.74) is 1.50. The van der Waals surface area contributed by atoms with Gasteiger partial charge in [0.05, 0.1) is 0 Å². The maximum atomic E-state index is 11.0. The Balaban J connectivity index is 2.92. The largest absolute Gasteiger partial charge is 0.323 e. The number of hydrogen-bond donors (Lipinski definition) is 2. The minimum absolute atomic E-state index is 0.0410. The average Bonchev–Trinajstić information content (AvgIpc) is 1.82. The van der Waals surface area contributed by atoms with E-state index >= 15 is 0 Å². The molecule has 0 saturated heterocycles. The first-order chi connectivity index (χ1) is 5.39. The maximum absolute atomic E-state index is 11.0. The standard InChI is InChI=1S/C9H14N2O/c1-6-5-7(9(2,3)4)11-8(12)10-6/h5H,1H2,2-4H3,(H2,10,11,12). The summed E-state index contributed by atoms with van der Waals surface area (Å²) in [6.07, 6.45) is 1.85. The van der Waals surface area contributed by atoms with E-state index < -0.39 is 0 Å². The Morgan fingerprint density at radius 2 is 1.92 bits per heavy atom. The van der Waals surface area contributed by atoms with E-state index in [1.807, 2.05) is 26.8 Å². The molecule has 1 aliphatic rings. The van der Waals surface area contributed by atoms with Crippen LogP contribution in [-0.4, -0.2) is 6.03 Å². The van der Waals surface area contributed by atoms with Gasteiger partial charge in [-0.15, -0.1) is 0 Å². The fraction of sp³-hybridized carbons (Fsp3) is 0.444. The minimum atomic E-state index is -0.201. The summed E-state index contributed by atoms with van der Waals surface area (Å²) < 4.78 is 0. The Labute approximate surface area is 72.5 Å². The van der Waals surface area contributed by atoms with Gasteiger partial charge in [0.1, 0.15) is 0 Å². The first-order valence-electron chi connectivity index (χ1n) is 3.89. The molecule has 0 fully saturated rings. The highest BCUT2D eigenvalue weighted by Gasteiger charge is 2.22. The summed E-state index contributed by atoms with van der Waals surface area (Å²) in [6.45, 7) is 9.80. The molecule has 0 aromatic heterocycles. The molecule has 3 nitrogen and oxygen atoms in total. The molecule has 1 rings (SSSR count). The highest BCUT2D eigenvalue weighted by atomic mass is 16.2. The Morgan fingerprint density at radius 1 is 1.33 bits per heavy atom. The third-order valence-corrected chi connectivity index (χ3v) is 1.65. The van der Waals surface area contributed by atoms with Crippen molar-refractivity contribution in [3.63, 3.8) is 0 Å². The summed E-state index contributed by atoms with van der Waals surface area (Å²) >= 11 is 0. The van der Waals surface area contributed by atoms with E-state index in [-0.39, 0.29) is 11.4 Å². The van der Waals surface area contributed by atoms with Gasteiger partial charge in [0, 0.05) is 16.8 Å². The molecule has 3 heteroatoms. The molecule has 0 spiro atoms. The fourth-order valence-electron chi connectivity index (χ4n) is 0.950. The molecule has 1 aliphatic heterocycles. The Hall–Kier alpha value is -1.25. The molecule has 0 radical (unpaired) electrons. The third kappa shape index (κ3) is 1.87. The normalized spacial score (nSPS) is 18.1. The molecule has 0 saturated carbocycles. The maximum Gasteiger partial charge on any atom is 0.323 e. The van der Waals surface area contributed by atoms with Crippen LogP contribution < -0.4 is 10.6 Å². The predicted molar refractivity (Wildman–Crippen MR) is 48.3 cm³/mol. The number of carbonyl (C=O) groups is 1. The predicted octanol–water partition coefficient (Wildman–Crippen LogP) is 1.74. The molecular weight excluding hydrogens is 152 g/mol. The number of hydrogen-bond acceptors (Lipinski definition) is 1. The second-order valence-electron chi connectivity index (χ2n) is 3.91. The number of nitrogens with one attached hydrogen (secondary N) is 2. The van der Waals surface area contributed by atoms with Crippen LogP contribution in [-0.2, 0) is 0 Å². The summed E-state index contributed by atoms with van der Waals surface area (Å²) in [4.78, 5) is 11.0. The zero-order chi connectivity index (χ0) is 9.35. The van der Waals surface area contributed by atoms with Gasteiger partial charge in [-0.25, -0.2) is 4.79 Å². The molecule has 0 aromatic rings. The van der Waals surface area contributed by atoms with E-state index in [1.165, 1.54) is 0 Å². The molecule has 0 aromatic carbocycles. The molecule has 2 N–H and O–H groups in total. The van der Waals surface area contributed by atoms with Crippen LogP contribution in [0, 0.1) is 5.41 Å². The SMILES string of the molecule is C=C1C=C(C(C)(C)C)NC(=O)N1. The highest BCUT2D eigenvalue weighted by molar-refractivity contribution is 5.80. The van der Waals surface area contributed by atoms with Crippen molar-refractivity contribution in [2.75, 3.05) is 0 Å². The summed E-state index contributed by atoms with van der Waals surface area (Å²) in [5, 5.41) is 5.30. The number of urea groups is 1. The van der Waals surface area contributed by atoms with Gasteiger partial charge in [0.2, 0.25) is 0 Å². The van der Waals surface area contributed by atoms with Crippen LogP contribution in [0.15, 0.2) is 24.0 Å². The zero-order valence-electron chi connectivity index (χ0n) is 7.69. The van der Waals surface area contributed by atoms with Crippen LogP contribution in [0.4, 0.5) is 4.79 Å². The number of amides is 2. The Kier molecular flexibility index (Phi) is 1.96. The smallest absolute Gasteiger partial charge is 0.311 e. The number of rotatable bonds is 0. The molecule has 1 heterocycles. The Morgan fingerprint density at radius 3 is 2.33 bits per heavy atom. The molecule has 0 atom stereocenters. The van der Waals surface area contributed by atoms with Crippen molar-refractivity contribution in [3.8, 4) is 0 Å². The minimum Gasteiger partial charge on any atom is -0.311 e. The van der Waals surface area contributed by atoms with Crippen molar-refractivity contribution in [2.24, 2.45) is 5.41 Å². The summed E-state index contributed by atoms with van der Waals surface area (Å²) in [7, 11) is 0. The van der Waals surface area contributed by atoms with Gasteiger partial charge in [-0.2, -0.15) is 0 Å². The van der Waals surface area contributed by atoms with Crippen LogP contribution >= 0.6 is 0 Å². The van der Waals surface area contributed by atoms with Gasteiger partial charge in [-0.1, -0.05) is 27.4 Å². The quantitative estimate of drug-likeness (QED) is 0.565. The van der Waals surface area contributed by atoms with E-state index in [9.17, 15) is 4.79 Å². The lowest BCUT2D eigenvalue weighted by atomic mass is 9.91. The monoisotopic (exact) mass is 166 g/mol. The van der Waals surface area contributed by atoms with Crippen LogP contribution in [0.1, 0.15) is 20.8 Å². The van der Waals surface area contributed by atoms with Gasteiger partial charge < -0.3 is 10.6 Å². The van der Waals surface area contributed by atoms with Crippen molar-refractivity contribution < 1.29 is 4.79 Å². The van der Waals surface area contributed by atoms with Crippen LogP contribution in [0.5, 0.6) is 0 Å². The molecule has 0 unspecified atom stereocenters. The summed E-state index contributed by atoms with van der Waals surface area (Å²) in [5.74, 6) is 0. The van der Waals surface area contributed by atoms with E-state index in [0.29, 0.717) is 5.70 Å². The van der Waals surface area contributed by atoms with Crippen LogP contribution in [0.2, 0.25) is 0 Å². The average molecular weight is 166 g/mol. The molecule has 0 aliphatic carbocycles.